The molecule has 2 aromatic carbocycles. The molecule has 1 heterocycles. The van der Waals surface area contributed by atoms with Crippen LogP contribution in [0.4, 0.5) is 0 Å². The Morgan fingerprint density at radius 3 is 2.42 bits per heavy atom. The van der Waals surface area contributed by atoms with Crippen LogP contribution >= 0.6 is 0 Å². The fourth-order valence-corrected chi connectivity index (χ4v) is 4.59. The molecule has 1 saturated heterocycles. The topological polar surface area (TPSA) is 59.8 Å². The zero-order chi connectivity index (χ0) is 18.6. The zero-order valence-electron chi connectivity index (χ0n) is 15.4. The standard InChI is InChI=1S/C20H26N2O3S/c1-16-7-8-20(17(2)13-16)26(23,24)21-14-18-5-3-4-6-19(18)15-22-9-11-25-12-10-22/h3-8,13,21H,9-12,14-15H2,1-2H3/p+1. The van der Waals surface area contributed by atoms with Gasteiger partial charge in [0, 0.05) is 12.1 Å². The Morgan fingerprint density at radius 2 is 1.73 bits per heavy atom. The highest BCUT2D eigenvalue weighted by Crippen LogP contribution is 2.17. The van der Waals surface area contributed by atoms with Crippen molar-refractivity contribution in [3.8, 4) is 0 Å². The molecule has 26 heavy (non-hydrogen) atoms. The van der Waals surface area contributed by atoms with Gasteiger partial charge in [-0.2, -0.15) is 0 Å². The van der Waals surface area contributed by atoms with E-state index in [9.17, 15) is 8.42 Å². The third kappa shape index (κ3) is 4.71. The molecule has 0 saturated carbocycles. The van der Waals surface area contributed by atoms with Crippen LogP contribution in [-0.4, -0.2) is 34.7 Å². The van der Waals surface area contributed by atoms with E-state index in [4.69, 9.17) is 4.74 Å². The lowest BCUT2D eigenvalue weighted by molar-refractivity contribution is -0.921. The lowest BCUT2D eigenvalue weighted by atomic mass is 10.1. The van der Waals surface area contributed by atoms with E-state index in [-0.39, 0.29) is 0 Å². The van der Waals surface area contributed by atoms with Crippen LogP contribution in [0.25, 0.3) is 0 Å². The number of aryl methyl sites for hydroxylation is 2. The average Bonchev–Trinajstić information content (AvgIpc) is 2.61. The average molecular weight is 376 g/mol. The predicted octanol–water partition coefficient (Wildman–Crippen LogP) is 1.20. The number of rotatable bonds is 6. The van der Waals surface area contributed by atoms with Gasteiger partial charge in [0.15, 0.2) is 0 Å². The highest BCUT2D eigenvalue weighted by atomic mass is 32.2. The van der Waals surface area contributed by atoms with Gasteiger partial charge < -0.3 is 9.64 Å². The maximum atomic E-state index is 12.7. The molecule has 0 amide bonds. The number of hydrogen-bond acceptors (Lipinski definition) is 3. The molecule has 0 bridgehead atoms. The van der Waals surface area contributed by atoms with Crippen LogP contribution in [0.15, 0.2) is 47.4 Å². The van der Waals surface area contributed by atoms with Crippen LogP contribution in [0.2, 0.25) is 0 Å². The summed E-state index contributed by atoms with van der Waals surface area (Å²) in [5.41, 5.74) is 4.04. The second kappa shape index (κ2) is 8.31. The predicted molar refractivity (Wildman–Crippen MR) is 102 cm³/mol. The number of quaternary nitrogens is 1. The molecule has 0 unspecified atom stereocenters. The smallest absolute Gasteiger partial charge is 0.241 e. The quantitative estimate of drug-likeness (QED) is 0.798. The molecule has 0 spiro atoms. The third-order valence-corrected chi connectivity index (χ3v) is 6.39. The van der Waals surface area contributed by atoms with Crippen LogP contribution < -0.4 is 9.62 Å². The number of benzene rings is 2. The molecule has 0 atom stereocenters. The Labute approximate surface area is 156 Å². The molecule has 0 radical (unpaired) electrons. The van der Waals surface area contributed by atoms with Crippen molar-refractivity contribution in [3.05, 3.63) is 64.7 Å². The van der Waals surface area contributed by atoms with Crippen molar-refractivity contribution in [1.29, 1.82) is 0 Å². The first-order valence-electron chi connectivity index (χ1n) is 9.01. The van der Waals surface area contributed by atoms with Gasteiger partial charge in [0.2, 0.25) is 10.0 Å². The summed E-state index contributed by atoms with van der Waals surface area (Å²) in [5.74, 6) is 0. The van der Waals surface area contributed by atoms with E-state index < -0.39 is 10.0 Å². The number of ether oxygens (including phenoxy) is 1. The molecule has 0 aliphatic carbocycles. The van der Waals surface area contributed by atoms with E-state index in [0.717, 1.165) is 49.5 Å². The van der Waals surface area contributed by atoms with Crippen LogP contribution in [0.1, 0.15) is 22.3 Å². The summed E-state index contributed by atoms with van der Waals surface area (Å²) in [4.78, 5) is 1.82. The Morgan fingerprint density at radius 1 is 1.04 bits per heavy atom. The molecule has 5 nitrogen and oxygen atoms in total. The maximum Gasteiger partial charge on any atom is 0.241 e. The minimum Gasteiger partial charge on any atom is -0.370 e. The van der Waals surface area contributed by atoms with E-state index in [0.29, 0.717) is 11.4 Å². The molecule has 1 fully saturated rings. The van der Waals surface area contributed by atoms with Gasteiger partial charge in [-0.1, -0.05) is 42.0 Å². The van der Waals surface area contributed by atoms with Crippen molar-refractivity contribution in [2.45, 2.75) is 31.8 Å². The Bertz CT molecular complexity index is 859. The minimum atomic E-state index is -3.53. The van der Waals surface area contributed by atoms with Crippen molar-refractivity contribution < 1.29 is 18.1 Å². The van der Waals surface area contributed by atoms with Crippen molar-refractivity contribution in [2.24, 2.45) is 0 Å². The van der Waals surface area contributed by atoms with Gasteiger partial charge in [0.25, 0.3) is 0 Å². The monoisotopic (exact) mass is 375 g/mol. The summed E-state index contributed by atoms with van der Waals surface area (Å²) in [7, 11) is -3.53. The molecule has 1 aliphatic rings. The van der Waals surface area contributed by atoms with Gasteiger partial charge >= 0.3 is 0 Å². The summed E-state index contributed by atoms with van der Waals surface area (Å²) in [6, 6.07) is 13.5. The van der Waals surface area contributed by atoms with Gasteiger partial charge in [-0.05, 0) is 31.0 Å². The van der Waals surface area contributed by atoms with E-state index in [1.54, 1.807) is 6.07 Å². The number of hydrogen-bond donors (Lipinski definition) is 2. The SMILES string of the molecule is Cc1ccc(S(=O)(=O)NCc2ccccc2C[NH+]2CCOCC2)c(C)c1. The summed E-state index contributed by atoms with van der Waals surface area (Å²) < 4.78 is 33.6. The molecule has 140 valence electrons. The summed E-state index contributed by atoms with van der Waals surface area (Å²) in [5, 5.41) is 0. The highest BCUT2D eigenvalue weighted by Gasteiger charge is 2.19. The van der Waals surface area contributed by atoms with Gasteiger partial charge in [-0.25, -0.2) is 13.1 Å². The molecule has 2 aromatic rings. The lowest BCUT2D eigenvalue weighted by Gasteiger charge is -2.24. The first-order valence-corrected chi connectivity index (χ1v) is 10.5. The highest BCUT2D eigenvalue weighted by molar-refractivity contribution is 7.89. The molecular formula is C20H27N2O3S+. The van der Waals surface area contributed by atoms with Crippen LogP contribution in [0.5, 0.6) is 0 Å². The summed E-state index contributed by atoms with van der Waals surface area (Å²) >= 11 is 0. The third-order valence-electron chi connectivity index (χ3n) is 4.83. The van der Waals surface area contributed by atoms with Crippen molar-refractivity contribution in [2.75, 3.05) is 26.3 Å². The second-order valence-electron chi connectivity index (χ2n) is 6.90. The van der Waals surface area contributed by atoms with Gasteiger partial charge in [-0.3, -0.25) is 0 Å². The van der Waals surface area contributed by atoms with Gasteiger partial charge in [0.1, 0.15) is 19.6 Å². The normalized spacial score (nSPS) is 15.9. The summed E-state index contributed by atoms with van der Waals surface area (Å²) in [6.45, 7) is 8.54. The first kappa shape index (κ1) is 19.0. The van der Waals surface area contributed by atoms with Crippen LogP contribution in [0.3, 0.4) is 0 Å². The molecule has 6 heteroatoms. The van der Waals surface area contributed by atoms with Crippen molar-refractivity contribution >= 4 is 10.0 Å². The molecular weight excluding hydrogens is 348 g/mol. The van der Waals surface area contributed by atoms with E-state index in [1.165, 1.54) is 10.5 Å². The molecule has 2 N–H and O–H groups in total. The van der Waals surface area contributed by atoms with Crippen LogP contribution in [-0.2, 0) is 27.8 Å². The van der Waals surface area contributed by atoms with E-state index in [2.05, 4.69) is 10.8 Å². The molecule has 3 rings (SSSR count). The minimum absolute atomic E-state index is 0.301. The number of morpholine rings is 1. The Kier molecular flexibility index (Phi) is 6.09. The number of nitrogens with one attached hydrogen (secondary N) is 2. The fraction of sp³-hybridized carbons (Fsp3) is 0.400. The van der Waals surface area contributed by atoms with E-state index >= 15 is 0 Å². The first-order chi connectivity index (χ1) is 12.5. The second-order valence-corrected chi connectivity index (χ2v) is 8.64. The Hall–Kier alpha value is -1.73. The fourth-order valence-electron chi connectivity index (χ4n) is 3.36. The maximum absolute atomic E-state index is 12.7. The van der Waals surface area contributed by atoms with Crippen LogP contribution in [0, 0.1) is 13.8 Å². The van der Waals surface area contributed by atoms with Gasteiger partial charge in [0.05, 0.1) is 18.1 Å². The molecule has 0 aromatic heterocycles. The molecule has 1 aliphatic heterocycles. The largest absolute Gasteiger partial charge is 0.370 e. The van der Waals surface area contributed by atoms with Gasteiger partial charge in [-0.15, -0.1) is 0 Å². The zero-order valence-corrected chi connectivity index (χ0v) is 16.2. The summed E-state index contributed by atoms with van der Waals surface area (Å²) in [6.07, 6.45) is 0. The Balaban J connectivity index is 1.72. The van der Waals surface area contributed by atoms with Crippen molar-refractivity contribution in [1.82, 2.24) is 4.72 Å². The van der Waals surface area contributed by atoms with E-state index in [1.807, 2.05) is 44.2 Å². The number of sulfonamides is 1. The lowest BCUT2D eigenvalue weighted by Crippen LogP contribution is -3.12. The van der Waals surface area contributed by atoms with Crippen molar-refractivity contribution in [3.63, 3.8) is 0 Å².